The molecule has 0 aliphatic heterocycles. The summed E-state index contributed by atoms with van der Waals surface area (Å²) in [5.74, 6) is 0. The molecule has 2 aromatic rings. The minimum atomic E-state index is -4.76. The average molecular weight is 425 g/mol. The average Bonchev–Trinajstić information content (AvgIpc) is 2.40. The normalized spacial score (nSPS) is 11.4. The number of hydrogen-bond acceptors (Lipinski definition) is 3. The molecule has 0 aliphatic carbocycles. The second kappa shape index (κ2) is 6.22. The number of nitrogens with zero attached hydrogens (tertiary/aromatic N) is 1. The predicted molar refractivity (Wildman–Crippen MR) is 81.4 cm³/mol. The Hall–Kier alpha value is -1.29. The van der Waals surface area contributed by atoms with Crippen LogP contribution in [0, 0.1) is 13.7 Å². The van der Waals surface area contributed by atoms with E-state index < -0.39 is 22.4 Å². The van der Waals surface area contributed by atoms with Crippen LogP contribution in [0.15, 0.2) is 52.3 Å². The molecule has 0 saturated carbocycles. The molecule has 0 aliphatic rings. The van der Waals surface area contributed by atoms with Crippen molar-refractivity contribution in [3.8, 4) is 0 Å². The SMILES string of the molecule is O=[N+]([O-])c1ccc(Sc2ccc(I)cc2)cc1C(F)(F)F. The molecule has 2 rings (SSSR count). The summed E-state index contributed by atoms with van der Waals surface area (Å²) in [6.07, 6.45) is -4.76. The quantitative estimate of drug-likeness (QED) is 0.378. The fraction of sp³-hybridized carbons (Fsp3) is 0.0769. The first-order chi connectivity index (χ1) is 9.77. The van der Waals surface area contributed by atoms with Crippen LogP contribution in [0.3, 0.4) is 0 Å². The van der Waals surface area contributed by atoms with Crippen molar-refractivity contribution in [2.75, 3.05) is 0 Å². The van der Waals surface area contributed by atoms with Crippen molar-refractivity contribution in [1.29, 1.82) is 0 Å². The standard InChI is InChI=1S/C13H7F3INO2S/c14-13(15,16)11-7-10(5-6-12(11)18(19)20)21-9-3-1-8(17)2-4-9/h1-7H. The van der Waals surface area contributed by atoms with Crippen LogP contribution >= 0.6 is 34.4 Å². The van der Waals surface area contributed by atoms with E-state index in [0.29, 0.717) is 4.90 Å². The van der Waals surface area contributed by atoms with Gasteiger partial charge in [-0.15, -0.1) is 0 Å². The molecular weight excluding hydrogens is 418 g/mol. The van der Waals surface area contributed by atoms with Crippen molar-refractivity contribution in [1.82, 2.24) is 0 Å². The maximum absolute atomic E-state index is 12.9. The number of hydrogen-bond donors (Lipinski definition) is 0. The second-order valence-electron chi connectivity index (χ2n) is 3.99. The highest BCUT2D eigenvalue weighted by molar-refractivity contribution is 14.1. The molecule has 0 spiro atoms. The van der Waals surface area contributed by atoms with Gasteiger partial charge in [-0.05, 0) is 59.0 Å². The summed E-state index contributed by atoms with van der Waals surface area (Å²) in [6.45, 7) is 0. The Morgan fingerprint density at radius 1 is 1.05 bits per heavy atom. The van der Waals surface area contributed by atoms with Gasteiger partial charge in [0.25, 0.3) is 5.69 Å². The van der Waals surface area contributed by atoms with Crippen LogP contribution in [-0.2, 0) is 6.18 Å². The Bertz CT molecular complexity index is 674. The van der Waals surface area contributed by atoms with Gasteiger partial charge in [-0.2, -0.15) is 13.2 Å². The number of alkyl halides is 3. The van der Waals surface area contributed by atoms with Gasteiger partial charge < -0.3 is 0 Å². The molecule has 8 heteroatoms. The van der Waals surface area contributed by atoms with Gasteiger partial charge in [0.15, 0.2) is 0 Å². The Morgan fingerprint density at radius 3 is 2.14 bits per heavy atom. The first-order valence-electron chi connectivity index (χ1n) is 5.56. The van der Waals surface area contributed by atoms with Gasteiger partial charge in [-0.3, -0.25) is 10.1 Å². The fourth-order valence-electron chi connectivity index (χ4n) is 1.60. The van der Waals surface area contributed by atoms with Crippen molar-refractivity contribution in [2.24, 2.45) is 0 Å². The molecule has 0 saturated heterocycles. The van der Waals surface area contributed by atoms with E-state index in [-0.39, 0.29) is 0 Å². The number of nitro groups is 1. The largest absolute Gasteiger partial charge is 0.423 e. The summed E-state index contributed by atoms with van der Waals surface area (Å²) in [6, 6.07) is 10.2. The van der Waals surface area contributed by atoms with E-state index in [1.165, 1.54) is 6.07 Å². The maximum atomic E-state index is 12.9. The van der Waals surface area contributed by atoms with Crippen molar-refractivity contribution in [2.45, 2.75) is 16.0 Å². The van der Waals surface area contributed by atoms with E-state index in [0.717, 1.165) is 32.4 Å². The van der Waals surface area contributed by atoms with Crippen molar-refractivity contribution < 1.29 is 18.1 Å². The molecule has 110 valence electrons. The molecule has 3 nitrogen and oxygen atoms in total. The molecule has 0 N–H and O–H groups in total. The lowest BCUT2D eigenvalue weighted by Gasteiger charge is -2.09. The summed E-state index contributed by atoms with van der Waals surface area (Å²) in [7, 11) is 0. The minimum Gasteiger partial charge on any atom is -0.258 e. The molecule has 2 aromatic carbocycles. The highest BCUT2D eigenvalue weighted by atomic mass is 127. The Labute approximate surface area is 135 Å². The van der Waals surface area contributed by atoms with Crippen LogP contribution in [0.5, 0.6) is 0 Å². The van der Waals surface area contributed by atoms with Crippen molar-refractivity contribution in [3.05, 3.63) is 61.7 Å². The van der Waals surface area contributed by atoms with Crippen LogP contribution in [0.2, 0.25) is 0 Å². The van der Waals surface area contributed by atoms with Gasteiger partial charge in [0.1, 0.15) is 5.56 Å². The van der Waals surface area contributed by atoms with E-state index in [1.807, 2.05) is 12.1 Å². The monoisotopic (exact) mass is 425 g/mol. The summed E-state index contributed by atoms with van der Waals surface area (Å²) in [4.78, 5) is 10.7. The van der Waals surface area contributed by atoms with Crippen molar-refractivity contribution >= 4 is 40.0 Å². The lowest BCUT2D eigenvalue weighted by molar-refractivity contribution is -0.388. The summed E-state index contributed by atoms with van der Waals surface area (Å²) < 4.78 is 39.6. The molecule has 0 fully saturated rings. The highest BCUT2D eigenvalue weighted by Gasteiger charge is 2.38. The summed E-state index contributed by atoms with van der Waals surface area (Å²) in [5, 5.41) is 10.7. The van der Waals surface area contributed by atoms with Crippen LogP contribution in [-0.4, -0.2) is 4.92 Å². The van der Waals surface area contributed by atoms with E-state index in [4.69, 9.17) is 0 Å². The smallest absolute Gasteiger partial charge is 0.258 e. The zero-order chi connectivity index (χ0) is 15.6. The molecule has 21 heavy (non-hydrogen) atoms. The van der Waals surface area contributed by atoms with Gasteiger partial charge >= 0.3 is 6.18 Å². The number of benzene rings is 2. The van der Waals surface area contributed by atoms with Crippen LogP contribution in [0.4, 0.5) is 18.9 Å². The minimum absolute atomic E-state index is 0.300. The first kappa shape index (κ1) is 16.1. The Morgan fingerprint density at radius 2 is 1.62 bits per heavy atom. The third kappa shape index (κ3) is 4.10. The van der Waals surface area contributed by atoms with E-state index >= 15 is 0 Å². The molecule has 0 aromatic heterocycles. The first-order valence-corrected chi connectivity index (χ1v) is 7.46. The van der Waals surface area contributed by atoms with Gasteiger partial charge in [-0.1, -0.05) is 11.8 Å². The third-order valence-corrected chi connectivity index (χ3v) is 4.24. The summed E-state index contributed by atoms with van der Waals surface area (Å²) >= 11 is 3.24. The number of rotatable bonds is 3. The topological polar surface area (TPSA) is 43.1 Å². The fourth-order valence-corrected chi connectivity index (χ4v) is 2.82. The molecule has 0 amide bonds. The molecule has 0 atom stereocenters. The Kier molecular flexibility index (Phi) is 4.77. The summed E-state index contributed by atoms with van der Waals surface area (Å²) in [5.41, 5.74) is -2.17. The van der Waals surface area contributed by atoms with Gasteiger partial charge in [0, 0.05) is 19.4 Å². The molecule has 0 bridgehead atoms. The van der Waals surface area contributed by atoms with E-state index in [1.54, 1.807) is 12.1 Å². The number of halogens is 4. The maximum Gasteiger partial charge on any atom is 0.423 e. The molecule has 0 radical (unpaired) electrons. The van der Waals surface area contributed by atoms with E-state index in [2.05, 4.69) is 22.6 Å². The predicted octanol–water partition coefficient (Wildman–Crippen LogP) is 5.37. The zero-order valence-corrected chi connectivity index (χ0v) is 13.2. The van der Waals surface area contributed by atoms with Gasteiger partial charge in [-0.25, -0.2) is 0 Å². The van der Waals surface area contributed by atoms with Gasteiger partial charge in [0.05, 0.1) is 4.92 Å². The lowest BCUT2D eigenvalue weighted by atomic mass is 10.2. The Balaban J connectivity index is 2.38. The molecule has 0 unspecified atom stereocenters. The van der Waals surface area contributed by atoms with Gasteiger partial charge in [0.2, 0.25) is 0 Å². The molecule has 0 heterocycles. The van der Waals surface area contributed by atoms with Crippen LogP contribution < -0.4 is 0 Å². The molecular formula is C13H7F3INO2S. The van der Waals surface area contributed by atoms with Crippen LogP contribution in [0.1, 0.15) is 5.56 Å². The van der Waals surface area contributed by atoms with E-state index in [9.17, 15) is 23.3 Å². The number of nitro benzene ring substituents is 1. The zero-order valence-electron chi connectivity index (χ0n) is 10.2. The highest BCUT2D eigenvalue weighted by Crippen LogP contribution is 2.39. The second-order valence-corrected chi connectivity index (χ2v) is 6.38. The third-order valence-electron chi connectivity index (χ3n) is 2.52. The lowest BCUT2D eigenvalue weighted by Crippen LogP contribution is -2.08. The van der Waals surface area contributed by atoms with Crippen LogP contribution in [0.25, 0.3) is 0 Å². The van der Waals surface area contributed by atoms with Crippen molar-refractivity contribution in [3.63, 3.8) is 0 Å².